The Hall–Kier alpha value is 1.32. The fraction of sp³-hybridized carbons (Fsp3) is 0. The maximum atomic E-state index is 0. The van der Waals surface area contributed by atoms with Gasteiger partial charge in [0.15, 0.2) is 0 Å². The van der Waals surface area contributed by atoms with Crippen LogP contribution in [0.3, 0.4) is 0 Å². The normalized spacial score (nSPS) is 0. The van der Waals surface area contributed by atoms with Crippen molar-refractivity contribution >= 4 is 12.4 Å². The summed E-state index contributed by atoms with van der Waals surface area (Å²) in [5.41, 5.74) is 0. The third-order valence-electron chi connectivity index (χ3n) is 0. The molecular formula is H4Cl3NNi. The van der Waals surface area contributed by atoms with Crippen LogP contribution in [-0.2, 0) is 16.5 Å². The van der Waals surface area contributed by atoms with Crippen LogP contribution in [-0.4, -0.2) is 0 Å². The Balaban J connectivity index is 0. The van der Waals surface area contributed by atoms with E-state index in [1.54, 1.807) is 0 Å². The van der Waals surface area contributed by atoms with Gasteiger partial charge in [0.1, 0.15) is 0 Å². The fourth-order valence-corrected chi connectivity index (χ4v) is 0. The smallest absolute Gasteiger partial charge is 1.00 e. The Bertz CT molecular complexity index is 6.85. The van der Waals surface area contributed by atoms with E-state index in [1.165, 1.54) is 0 Å². The van der Waals surface area contributed by atoms with Gasteiger partial charge in [-0.3, -0.25) is 0 Å². The molecule has 0 amide bonds. The zero-order valence-electron chi connectivity index (χ0n) is 2.19. The maximum absolute atomic E-state index is 0. The van der Waals surface area contributed by atoms with Crippen LogP contribution in [0.2, 0.25) is 0 Å². The summed E-state index contributed by atoms with van der Waals surface area (Å²) >= 11 is 0. The Morgan fingerprint density at radius 1 is 0.800 bits per heavy atom. The predicted molar refractivity (Wildman–Crippen MR) is 12.3 cm³/mol. The van der Waals surface area contributed by atoms with E-state index >= 15 is 0 Å². The Labute approximate surface area is 60.0 Å². The number of halogens is 3. The van der Waals surface area contributed by atoms with Crippen LogP contribution in [0, 0.1) is 0 Å². The van der Waals surface area contributed by atoms with Gasteiger partial charge in [-0.1, -0.05) is 0 Å². The fourth-order valence-electron chi connectivity index (χ4n) is 0. The molecular weight excluding hydrogens is 179 g/mol. The van der Waals surface area contributed by atoms with Crippen LogP contribution in [0.5, 0.6) is 0 Å². The number of hydrogen-bond acceptors (Lipinski definition) is 1. The molecule has 3 N–H and O–H groups in total. The summed E-state index contributed by atoms with van der Waals surface area (Å²) in [4.78, 5) is 0. The third kappa shape index (κ3) is 33.6. The number of rotatable bonds is 0. The molecule has 0 saturated heterocycles. The van der Waals surface area contributed by atoms with E-state index in [1.807, 2.05) is 0 Å². The summed E-state index contributed by atoms with van der Waals surface area (Å²) < 4.78 is 0. The third-order valence-corrected chi connectivity index (χ3v) is 0. The molecule has 0 bridgehead atoms. The predicted octanol–water partition coefficient (Wildman–Crippen LogP) is -5.41. The van der Waals surface area contributed by atoms with Crippen LogP contribution in [0.25, 0.3) is 0 Å². The van der Waals surface area contributed by atoms with E-state index in [2.05, 4.69) is 0 Å². The van der Waals surface area contributed by atoms with Crippen LogP contribution >= 0.6 is 12.4 Å². The van der Waals surface area contributed by atoms with E-state index in [4.69, 9.17) is 0 Å². The van der Waals surface area contributed by atoms with Gasteiger partial charge in [0, 0.05) is 0 Å². The van der Waals surface area contributed by atoms with Gasteiger partial charge in [0.05, 0.1) is 0 Å². The van der Waals surface area contributed by atoms with Crippen molar-refractivity contribution < 1.29 is 41.3 Å². The first-order chi connectivity index (χ1) is 0. The second-order valence-electron chi connectivity index (χ2n) is 0. The van der Waals surface area contributed by atoms with Gasteiger partial charge in [0.25, 0.3) is 0 Å². The first-order valence-corrected chi connectivity index (χ1v) is 0. The van der Waals surface area contributed by atoms with E-state index in [0.29, 0.717) is 0 Å². The standard InChI is InChI=1S/3ClH.H3N.Ni/h3*1H;1H3;/q;;;;+2/p-2. The summed E-state index contributed by atoms with van der Waals surface area (Å²) in [5.74, 6) is 0. The van der Waals surface area contributed by atoms with Crippen molar-refractivity contribution in [2.75, 3.05) is 0 Å². The molecule has 40 valence electrons. The van der Waals surface area contributed by atoms with Crippen LogP contribution in [0.1, 0.15) is 0 Å². The minimum absolute atomic E-state index is 0. The Kier molecular flexibility index (Phi) is 1160. The molecule has 0 atom stereocenters. The average Bonchev–Trinajstić information content (AvgIpc) is 0. The van der Waals surface area contributed by atoms with Gasteiger partial charge in [-0.25, -0.2) is 0 Å². The minimum Gasteiger partial charge on any atom is -1.00 e. The molecule has 0 aliphatic heterocycles. The second kappa shape index (κ2) is 56.8. The first-order valence-electron chi connectivity index (χ1n) is 0. The Morgan fingerprint density at radius 2 is 0.800 bits per heavy atom. The average molecular weight is 183 g/mol. The summed E-state index contributed by atoms with van der Waals surface area (Å²) in [5, 5.41) is 0. The minimum atomic E-state index is 0. The molecule has 5 heavy (non-hydrogen) atoms. The van der Waals surface area contributed by atoms with Crippen molar-refractivity contribution in [3.05, 3.63) is 0 Å². The number of hydrogen-bond donors (Lipinski definition) is 1. The van der Waals surface area contributed by atoms with E-state index in [-0.39, 0.29) is 59.9 Å². The molecule has 0 saturated carbocycles. The van der Waals surface area contributed by atoms with Crippen molar-refractivity contribution in [2.45, 2.75) is 0 Å². The second-order valence-corrected chi connectivity index (χ2v) is 0. The van der Waals surface area contributed by atoms with Crippen molar-refractivity contribution in [1.29, 1.82) is 0 Å². The van der Waals surface area contributed by atoms with Crippen molar-refractivity contribution in [3.8, 4) is 0 Å². The SMILES string of the molecule is Cl.N.[Cl-].[Cl-].[Ni+2]. The quantitative estimate of drug-likeness (QED) is 0.374. The largest absolute Gasteiger partial charge is 2.00 e. The molecule has 0 aliphatic rings. The molecule has 0 aromatic rings. The zero-order valence-corrected chi connectivity index (χ0v) is 5.50. The molecule has 0 spiro atoms. The topological polar surface area (TPSA) is 35.0 Å². The van der Waals surface area contributed by atoms with Crippen molar-refractivity contribution in [1.82, 2.24) is 6.15 Å². The van der Waals surface area contributed by atoms with E-state index < -0.39 is 0 Å². The molecule has 0 heterocycles. The van der Waals surface area contributed by atoms with Gasteiger partial charge in [-0.2, -0.15) is 0 Å². The van der Waals surface area contributed by atoms with Gasteiger partial charge in [-0.15, -0.1) is 12.4 Å². The first kappa shape index (κ1) is 102. The van der Waals surface area contributed by atoms with Crippen molar-refractivity contribution in [3.63, 3.8) is 0 Å². The summed E-state index contributed by atoms with van der Waals surface area (Å²) in [6, 6.07) is 0. The molecule has 0 aromatic heterocycles. The molecule has 0 fully saturated rings. The monoisotopic (exact) mass is 181 g/mol. The molecule has 5 heteroatoms. The summed E-state index contributed by atoms with van der Waals surface area (Å²) in [6.07, 6.45) is 0. The van der Waals surface area contributed by atoms with Gasteiger partial charge < -0.3 is 31.0 Å². The molecule has 0 aromatic carbocycles. The molecule has 0 unspecified atom stereocenters. The summed E-state index contributed by atoms with van der Waals surface area (Å²) in [7, 11) is 0. The van der Waals surface area contributed by atoms with Crippen LogP contribution < -0.4 is 31.0 Å². The van der Waals surface area contributed by atoms with Gasteiger partial charge >= 0.3 is 16.5 Å². The van der Waals surface area contributed by atoms with Gasteiger partial charge in [0.2, 0.25) is 0 Å². The molecule has 0 radical (unpaired) electrons. The Morgan fingerprint density at radius 3 is 0.800 bits per heavy atom. The van der Waals surface area contributed by atoms with E-state index in [9.17, 15) is 0 Å². The van der Waals surface area contributed by atoms with E-state index in [0.717, 1.165) is 0 Å². The zero-order chi connectivity index (χ0) is 0. The maximum Gasteiger partial charge on any atom is 2.00 e. The molecule has 0 rings (SSSR count). The van der Waals surface area contributed by atoms with Crippen LogP contribution in [0.4, 0.5) is 0 Å². The summed E-state index contributed by atoms with van der Waals surface area (Å²) in [6.45, 7) is 0. The van der Waals surface area contributed by atoms with Crippen molar-refractivity contribution in [2.24, 2.45) is 0 Å². The van der Waals surface area contributed by atoms with Crippen LogP contribution in [0.15, 0.2) is 0 Å². The molecule has 0 aliphatic carbocycles. The van der Waals surface area contributed by atoms with Gasteiger partial charge in [-0.05, 0) is 0 Å². The molecule has 1 nitrogen and oxygen atoms in total.